The second kappa shape index (κ2) is 5.88. The van der Waals surface area contributed by atoms with Gasteiger partial charge in [0.15, 0.2) is 0 Å². The van der Waals surface area contributed by atoms with Crippen LogP contribution in [0.25, 0.3) is 10.9 Å². The molecular formula is C16H20N4O2. The van der Waals surface area contributed by atoms with Crippen molar-refractivity contribution in [3.8, 4) is 0 Å². The minimum atomic E-state index is -0.367. The molecule has 1 aliphatic rings. The molecule has 0 spiro atoms. The van der Waals surface area contributed by atoms with Crippen molar-refractivity contribution in [3.05, 3.63) is 40.1 Å². The summed E-state index contributed by atoms with van der Waals surface area (Å²) in [5, 5.41) is 18.8. The van der Waals surface area contributed by atoms with Gasteiger partial charge in [0.25, 0.3) is 5.69 Å². The minimum Gasteiger partial charge on any atom is -0.380 e. The van der Waals surface area contributed by atoms with Crippen LogP contribution in [0.1, 0.15) is 25.5 Å². The summed E-state index contributed by atoms with van der Waals surface area (Å²) in [6, 6.07) is 7.48. The van der Waals surface area contributed by atoms with Crippen LogP contribution >= 0.6 is 0 Å². The van der Waals surface area contributed by atoms with Crippen LogP contribution in [0.2, 0.25) is 0 Å². The Kier molecular flexibility index (Phi) is 3.94. The number of hydrogen-bond acceptors (Lipinski definition) is 5. The molecule has 2 N–H and O–H groups in total. The molecular weight excluding hydrogens is 280 g/mol. The fraction of sp³-hybridized carbons (Fsp3) is 0.438. The van der Waals surface area contributed by atoms with E-state index in [9.17, 15) is 10.1 Å². The van der Waals surface area contributed by atoms with E-state index in [1.807, 2.05) is 13.0 Å². The van der Waals surface area contributed by atoms with E-state index < -0.39 is 0 Å². The zero-order chi connectivity index (χ0) is 15.7. The van der Waals surface area contributed by atoms with Crippen LogP contribution in [0, 0.1) is 17.0 Å². The Balaban J connectivity index is 2.02. The smallest absolute Gasteiger partial charge is 0.270 e. The van der Waals surface area contributed by atoms with Gasteiger partial charge in [0, 0.05) is 41.0 Å². The van der Waals surface area contributed by atoms with E-state index in [0.717, 1.165) is 41.7 Å². The minimum absolute atomic E-state index is 0.0935. The van der Waals surface area contributed by atoms with Crippen molar-refractivity contribution in [2.75, 3.05) is 11.9 Å². The van der Waals surface area contributed by atoms with Crippen molar-refractivity contribution in [3.63, 3.8) is 0 Å². The second-order valence-corrected chi connectivity index (χ2v) is 5.91. The third kappa shape index (κ3) is 2.87. The molecule has 0 radical (unpaired) electrons. The fourth-order valence-electron chi connectivity index (χ4n) is 3.02. The molecule has 1 aliphatic heterocycles. The lowest BCUT2D eigenvalue weighted by molar-refractivity contribution is -0.384. The Morgan fingerprint density at radius 2 is 2.23 bits per heavy atom. The first-order valence-corrected chi connectivity index (χ1v) is 7.60. The number of aromatic nitrogens is 1. The van der Waals surface area contributed by atoms with Crippen molar-refractivity contribution in [1.29, 1.82) is 0 Å². The monoisotopic (exact) mass is 300 g/mol. The van der Waals surface area contributed by atoms with Gasteiger partial charge in [-0.1, -0.05) is 0 Å². The van der Waals surface area contributed by atoms with Gasteiger partial charge in [-0.25, -0.2) is 0 Å². The molecule has 1 fully saturated rings. The maximum Gasteiger partial charge on any atom is 0.270 e. The largest absolute Gasteiger partial charge is 0.380 e. The lowest BCUT2D eigenvalue weighted by Gasteiger charge is -2.31. The van der Waals surface area contributed by atoms with Crippen LogP contribution in [-0.2, 0) is 0 Å². The Bertz CT molecular complexity index is 717. The fourth-order valence-corrected chi connectivity index (χ4v) is 3.02. The summed E-state index contributed by atoms with van der Waals surface area (Å²) >= 11 is 0. The topological polar surface area (TPSA) is 80.1 Å². The number of nitro benzene ring substituents is 1. The van der Waals surface area contributed by atoms with Gasteiger partial charge < -0.3 is 10.6 Å². The Morgan fingerprint density at radius 3 is 2.95 bits per heavy atom. The number of nitro groups is 1. The molecule has 116 valence electrons. The maximum absolute atomic E-state index is 11.0. The van der Waals surface area contributed by atoms with Gasteiger partial charge in [0.1, 0.15) is 0 Å². The Labute approximate surface area is 129 Å². The van der Waals surface area contributed by atoms with Crippen LogP contribution < -0.4 is 10.6 Å². The number of nitrogens with zero attached hydrogens (tertiary/aromatic N) is 2. The molecule has 1 aromatic carbocycles. The lowest BCUT2D eigenvalue weighted by Crippen LogP contribution is -2.46. The summed E-state index contributed by atoms with van der Waals surface area (Å²) in [4.78, 5) is 15.1. The average molecular weight is 300 g/mol. The molecule has 2 atom stereocenters. The number of non-ortho nitro benzene ring substituents is 1. The number of pyridine rings is 1. The van der Waals surface area contributed by atoms with Crippen molar-refractivity contribution < 1.29 is 4.92 Å². The molecule has 6 nitrogen and oxygen atoms in total. The molecule has 1 saturated heterocycles. The van der Waals surface area contributed by atoms with Gasteiger partial charge in [-0.2, -0.15) is 0 Å². The van der Waals surface area contributed by atoms with Crippen LogP contribution in [0.5, 0.6) is 0 Å². The number of fused-ring (bicyclic) bond motifs is 1. The summed E-state index contributed by atoms with van der Waals surface area (Å²) < 4.78 is 0. The van der Waals surface area contributed by atoms with Crippen LogP contribution in [0.3, 0.4) is 0 Å². The number of benzene rings is 1. The molecule has 3 rings (SSSR count). The van der Waals surface area contributed by atoms with Crippen molar-refractivity contribution in [2.45, 2.75) is 38.8 Å². The molecule has 2 aromatic rings. The zero-order valence-corrected chi connectivity index (χ0v) is 12.8. The number of aryl methyl sites for hydroxylation is 1. The van der Waals surface area contributed by atoms with Gasteiger partial charge in [-0.15, -0.1) is 0 Å². The Morgan fingerprint density at radius 1 is 1.41 bits per heavy atom. The van der Waals surface area contributed by atoms with Gasteiger partial charge >= 0.3 is 0 Å². The molecule has 0 aliphatic carbocycles. The zero-order valence-electron chi connectivity index (χ0n) is 12.8. The second-order valence-electron chi connectivity index (χ2n) is 5.91. The SMILES string of the molecule is Cc1cc(NC2CCCNC2C)c2cc([N+](=O)[O-])ccc2n1. The highest BCUT2D eigenvalue weighted by molar-refractivity contribution is 5.93. The summed E-state index contributed by atoms with van der Waals surface area (Å²) in [5.41, 5.74) is 2.70. The third-order valence-corrected chi connectivity index (χ3v) is 4.23. The van der Waals surface area contributed by atoms with Gasteiger partial charge in [0.2, 0.25) is 0 Å². The highest BCUT2D eigenvalue weighted by Crippen LogP contribution is 2.28. The van der Waals surface area contributed by atoms with Crippen molar-refractivity contribution in [2.24, 2.45) is 0 Å². The van der Waals surface area contributed by atoms with Crippen LogP contribution in [0.15, 0.2) is 24.3 Å². The molecule has 0 saturated carbocycles. The standard InChI is InChI=1S/C16H20N4O2/c1-10-8-16(19-14-4-3-7-17-11(14)2)13-9-12(20(21)22)5-6-15(13)18-10/h5-6,8-9,11,14,17H,3-4,7H2,1-2H3,(H,18,19). The first kappa shape index (κ1) is 14.7. The molecule has 2 unspecified atom stereocenters. The van der Waals surface area contributed by atoms with Gasteiger partial charge in [-0.05, 0) is 45.4 Å². The number of nitrogens with one attached hydrogen (secondary N) is 2. The summed E-state index contributed by atoms with van der Waals surface area (Å²) in [5.74, 6) is 0. The molecule has 0 bridgehead atoms. The molecule has 0 amide bonds. The predicted molar refractivity (Wildman–Crippen MR) is 87.2 cm³/mol. The van der Waals surface area contributed by atoms with E-state index in [1.54, 1.807) is 12.1 Å². The van der Waals surface area contributed by atoms with Gasteiger partial charge in [0.05, 0.1) is 10.4 Å². The number of rotatable bonds is 3. The number of piperidine rings is 1. The van der Waals surface area contributed by atoms with E-state index >= 15 is 0 Å². The van der Waals surface area contributed by atoms with E-state index in [0.29, 0.717) is 12.1 Å². The first-order chi connectivity index (χ1) is 10.5. The quantitative estimate of drug-likeness (QED) is 0.673. The van der Waals surface area contributed by atoms with E-state index in [2.05, 4.69) is 22.5 Å². The normalized spacial score (nSPS) is 21.7. The Hall–Kier alpha value is -2.21. The summed E-state index contributed by atoms with van der Waals surface area (Å²) in [7, 11) is 0. The molecule has 22 heavy (non-hydrogen) atoms. The van der Waals surface area contributed by atoms with Gasteiger partial charge in [-0.3, -0.25) is 15.1 Å². The first-order valence-electron chi connectivity index (χ1n) is 7.60. The molecule has 2 heterocycles. The van der Waals surface area contributed by atoms with E-state index in [-0.39, 0.29) is 10.6 Å². The van der Waals surface area contributed by atoms with Crippen LogP contribution in [-0.4, -0.2) is 28.5 Å². The average Bonchev–Trinajstić information content (AvgIpc) is 2.49. The molecule has 1 aromatic heterocycles. The highest BCUT2D eigenvalue weighted by Gasteiger charge is 2.21. The summed E-state index contributed by atoms with van der Waals surface area (Å²) in [6.45, 7) is 5.14. The predicted octanol–water partition coefficient (Wildman–Crippen LogP) is 3.00. The molecule has 6 heteroatoms. The highest BCUT2D eigenvalue weighted by atomic mass is 16.6. The third-order valence-electron chi connectivity index (χ3n) is 4.23. The lowest BCUT2D eigenvalue weighted by atomic mass is 9.99. The van der Waals surface area contributed by atoms with Crippen molar-refractivity contribution >= 4 is 22.3 Å². The van der Waals surface area contributed by atoms with Crippen molar-refractivity contribution in [1.82, 2.24) is 10.3 Å². The van der Waals surface area contributed by atoms with Crippen LogP contribution in [0.4, 0.5) is 11.4 Å². The van der Waals surface area contributed by atoms with E-state index in [1.165, 1.54) is 6.07 Å². The summed E-state index contributed by atoms with van der Waals surface area (Å²) in [6.07, 6.45) is 2.22. The maximum atomic E-state index is 11.0. The van der Waals surface area contributed by atoms with E-state index in [4.69, 9.17) is 0 Å². The number of hydrogen-bond donors (Lipinski definition) is 2. The number of anilines is 1.